The van der Waals surface area contributed by atoms with Crippen LogP contribution in [-0.4, -0.2) is 17.9 Å². The quantitative estimate of drug-likeness (QED) is 0.569. The Morgan fingerprint density at radius 3 is 2.59 bits per heavy atom. The molecule has 2 rings (SSSR count). The van der Waals surface area contributed by atoms with Crippen molar-refractivity contribution in [1.82, 2.24) is 0 Å². The Labute approximate surface area is 133 Å². The monoisotopic (exact) mass is 302 g/mol. The van der Waals surface area contributed by atoms with Crippen LogP contribution in [-0.2, 0) is 14.3 Å². The van der Waals surface area contributed by atoms with E-state index in [1.165, 1.54) is 5.57 Å². The normalized spacial score (nSPS) is 29.3. The molecule has 120 valence electrons. The van der Waals surface area contributed by atoms with Gasteiger partial charge in [0.1, 0.15) is 6.10 Å². The second kappa shape index (κ2) is 5.86. The molecule has 3 atom stereocenters. The molecule has 0 spiro atoms. The molecule has 0 saturated heterocycles. The van der Waals surface area contributed by atoms with Crippen LogP contribution in [0.25, 0.3) is 0 Å². The van der Waals surface area contributed by atoms with E-state index in [0.717, 1.165) is 11.1 Å². The predicted octanol–water partition coefficient (Wildman–Crippen LogP) is 4.00. The van der Waals surface area contributed by atoms with Gasteiger partial charge >= 0.3 is 5.97 Å². The molecule has 0 aromatic rings. The maximum Gasteiger partial charge on any atom is 0.310 e. The van der Waals surface area contributed by atoms with Crippen molar-refractivity contribution in [3.63, 3.8) is 0 Å². The third-order valence-electron chi connectivity index (χ3n) is 4.95. The van der Waals surface area contributed by atoms with Crippen molar-refractivity contribution in [2.24, 2.45) is 17.3 Å². The molecule has 0 aromatic carbocycles. The Morgan fingerprint density at radius 2 is 2.05 bits per heavy atom. The molecular formula is C19H26O3. The summed E-state index contributed by atoms with van der Waals surface area (Å²) in [6, 6.07) is 0. The van der Waals surface area contributed by atoms with Crippen molar-refractivity contribution in [2.45, 2.75) is 53.6 Å². The summed E-state index contributed by atoms with van der Waals surface area (Å²) in [6.45, 7) is 13.8. The Bertz CT molecular complexity index is 573. The van der Waals surface area contributed by atoms with E-state index in [1.54, 1.807) is 6.08 Å². The van der Waals surface area contributed by atoms with E-state index in [-0.39, 0.29) is 35.4 Å². The minimum absolute atomic E-state index is 0.0570. The summed E-state index contributed by atoms with van der Waals surface area (Å²) >= 11 is 0. The molecule has 0 aromatic heterocycles. The van der Waals surface area contributed by atoms with Crippen LogP contribution in [0.1, 0.15) is 47.5 Å². The van der Waals surface area contributed by atoms with Gasteiger partial charge in [-0.05, 0) is 44.1 Å². The van der Waals surface area contributed by atoms with Gasteiger partial charge in [0.05, 0.1) is 12.3 Å². The Morgan fingerprint density at radius 1 is 1.41 bits per heavy atom. The van der Waals surface area contributed by atoms with Gasteiger partial charge in [0.15, 0.2) is 5.78 Å². The summed E-state index contributed by atoms with van der Waals surface area (Å²) in [5.74, 6) is 0.0309. The topological polar surface area (TPSA) is 43.4 Å². The zero-order valence-electron chi connectivity index (χ0n) is 14.2. The minimum Gasteiger partial charge on any atom is -0.457 e. The van der Waals surface area contributed by atoms with Crippen molar-refractivity contribution in [3.05, 3.63) is 35.5 Å². The lowest BCUT2D eigenvalue weighted by Crippen LogP contribution is -2.20. The molecule has 2 aliphatic rings. The predicted molar refractivity (Wildman–Crippen MR) is 87.2 cm³/mol. The number of ether oxygens (including phenoxy) is 1. The molecule has 0 bridgehead atoms. The van der Waals surface area contributed by atoms with Crippen molar-refractivity contribution >= 4 is 11.8 Å². The highest BCUT2D eigenvalue weighted by Crippen LogP contribution is 2.60. The molecule has 3 nitrogen and oxygen atoms in total. The summed E-state index contributed by atoms with van der Waals surface area (Å²) in [5.41, 5.74) is 2.80. The number of rotatable bonds is 5. The van der Waals surface area contributed by atoms with Crippen molar-refractivity contribution in [2.75, 3.05) is 0 Å². The first-order chi connectivity index (χ1) is 10.2. The number of esters is 1. The van der Waals surface area contributed by atoms with Crippen molar-refractivity contribution < 1.29 is 14.3 Å². The second-order valence-corrected chi connectivity index (χ2v) is 7.28. The van der Waals surface area contributed by atoms with Crippen LogP contribution in [0.15, 0.2) is 35.5 Å². The molecule has 3 heteroatoms. The first-order valence-electron chi connectivity index (χ1n) is 7.89. The van der Waals surface area contributed by atoms with Crippen LogP contribution in [0.2, 0.25) is 0 Å². The number of hydrogen-bond acceptors (Lipinski definition) is 3. The highest BCUT2D eigenvalue weighted by molar-refractivity contribution is 6.00. The molecule has 0 amide bonds. The number of hydrogen-bond donors (Lipinski definition) is 0. The highest BCUT2D eigenvalue weighted by Gasteiger charge is 2.61. The Kier molecular flexibility index (Phi) is 4.46. The summed E-state index contributed by atoms with van der Waals surface area (Å²) in [4.78, 5) is 24.5. The minimum atomic E-state index is -0.390. The number of Topliss-reactive ketones (excluding diaryl/α,β-unsaturated/α-hetero) is 1. The van der Waals surface area contributed by atoms with Crippen molar-refractivity contribution in [3.8, 4) is 0 Å². The molecular weight excluding hydrogens is 276 g/mol. The number of ketones is 1. The molecule has 22 heavy (non-hydrogen) atoms. The first-order valence-corrected chi connectivity index (χ1v) is 7.89. The lowest BCUT2D eigenvalue weighted by molar-refractivity contribution is -0.150. The van der Waals surface area contributed by atoms with E-state index in [0.29, 0.717) is 6.42 Å². The van der Waals surface area contributed by atoms with E-state index < -0.39 is 6.10 Å². The smallest absolute Gasteiger partial charge is 0.310 e. The van der Waals surface area contributed by atoms with E-state index in [4.69, 9.17) is 4.74 Å². The van der Waals surface area contributed by atoms with Crippen LogP contribution in [0, 0.1) is 17.3 Å². The maximum atomic E-state index is 12.5. The van der Waals surface area contributed by atoms with E-state index >= 15 is 0 Å². The summed E-state index contributed by atoms with van der Waals surface area (Å²) in [7, 11) is 0. The van der Waals surface area contributed by atoms with Gasteiger partial charge in [-0.1, -0.05) is 31.6 Å². The average molecular weight is 302 g/mol. The Balaban J connectivity index is 2.07. The summed E-state index contributed by atoms with van der Waals surface area (Å²) < 4.78 is 5.66. The molecule has 0 N–H and O–H groups in total. The lowest BCUT2D eigenvalue weighted by Gasteiger charge is -2.13. The fraction of sp³-hybridized carbons (Fsp3) is 0.579. The molecule has 1 unspecified atom stereocenters. The third kappa shape index (κ3) is 2.94. The number of carbonyl (C=O) groups is 2. The maximum absolute atomic E-state index is 12.5. The lowest BCUT2D eigenvalue weighted by atomic mass is 10.1. The third-order valence-corrected chi connectivity index (χ3v) is 4.95. The van der Waals surface area contributed by atoms with Gasteiger partial charge in [0, 0.05) is 5.57 Å². The van der Waals surface area contributed by atoms with E-state index in [1.807, 2.05) is 20.8 Å². The van der Waals surface area contributed by atoms with Gasteiger partial charge in [-0.15, -0.1) is 6.58 Å². The van der Waals surface area contributed by atoms with E-state index in [2.05, 4.69) is 26.5 Å². The zero-order valence-corrected chi connectivity index (χ0v) is 14.2. The summed E-state index contributed by atoms with van der Waals surface area (Å²) in [5, 5.41) is 0. The number of allylic oxidation sites excluding steroid dienone is 4. The van der Waals surface area contributed by atoms with Gasteiger partial charge in [-0.25, -0.2) is 0 Å². The van der Waals surface area contributed by atoms with Crippen LogP contribution in [0.4, 0.5) is 0 Å². The molecule has 0 heterocycles. The largest absolute Gasteiger partial charge is 0.457 e. The molecule has 2 aliphatic carbocycles. The van der Waals surface area contributed by atoms with Gasteiger partial charge in [0.2, 0.25) is 0 Å². The van der Waals surface area contributed by atoms with Gasteiger partial charge < -0.3 is 4.74 Å². The van der Waals surface area contributed by atoms with Crippen LogP contribution >= 0.6 is 0 Å². The standard InChI is InChI=1S/C19H26O3/c1-7-8-13-12(4)16(10-15(13)20)22-18(21)17-14(9-11(2)3)19(17,5)6/h7,9,14,16-17H,1,8,10H2,2-6H3/t14-,16?,17+/m1/s1. The molecule has 0 aliphatic heterocycles. The fourth-order valence-electron chi connectivity index (χ4n) is 3.42. The SMILES string of the molecule is C=CCC1=C(C)C(OC(=O)[C@@H]2[C@@H](C=C(C)C)C2(C)C)CC1=O. The van der Waals surface area contributed by atoms with E-state index in [9.17, 15) is 9.59 Å². The van der Waals surface area contributed by atoms with Crippen molar-refractivity contribution in [1.29, 1.82) is 0 Å². The molecule has 1 saturated carbocycles. The van der Waals surface area contributed by atoms with Gasteiger partial charge in [0.25, 0.3) is 0 Å². The zero-order chi connectivity index (χ0) is 16.7. The first kappa shape index (κ1) is 16.7. The molecule has 0 radical (unpaired) electrons. The van der Waals surface area contributed by atoms with Gasteiger partial charge in [-0.3, -0.25) is 9.59 Å². The fourth-order valence-corrected chi connectivity index (χ4v) is 3.42. The highest BCUT2D eigenvalue weighted by atomic mass is 16.5. The average Bonchev–Trinajstić information content (AvgIpc) is 2.83. The second-order valence-electron chi connectivity index (χ2n) is 7.28. The summed E-state index contributed by atoms with van der Waals surface area (Å²) in [6.07, 6.45) is 4.31. The van der Waals surface area contributed by atoms with Crippen LogP contribution < -0.4 is 0 Å². The van der Waals surface area contributed by atoms with Gasteiger partial charge in [-0.2, -0.15) is 0 Å². The Hall–Kier alpha value is -1.64. The number of carbonyl (C=O) groups excluding carboxylic acids is 2. The van der Waals surface area contributed by atoms with Crippen LogP contribution in [0.5, 0.6) is 0 Å². The molecule has 1 fully saturated rings. The van der Waals surface area contributed by atoms with Crippen LogP contribution in [0.3, 0.4) is 0 Å².